The largest absolute Gasteiger partial charge is 0.459 e. The minimum Gasteiger partial charge on any atom is -0.459 e. The van der Waals surface area contributed by atoms with E-state index >= 15 is 0 Å². The van der Waals surface area contributed by atoms with Crippen molar-refractivity contribution in [3.63, 3.8) is 0 Å². The van der Waals surface area contributed by atoms with Crippen molar-refractivity contribution in [1.29, 1.82) is 0 Å². The minimum absolute atomic E-state index is 0.120. The number of carbonyl (C=O) groups excluding carboxylic acids is 2. The molecule has 174 valence electrons. The van der Waals surface area contributed by atoms with Gasteiger partial charge in [-0.25, -0.2) is 9.78 Å². The van der Waals surface area contributed by atoms with Crippen molar-refractivity contribution in [3.05, 3.63) is 92.3 Å². The van der Waals surface area contributed by atoms with Gasteiger partial charge >= 0.3 is 5.97 Å². The molecule has 2 aromatic heterocycles. The fraction of sp³-hybridized carbons (Fsp3) is 0.231. The fourth-order valence-corrected chi connectivity index (χ4v) is 4.76. The highest BCUT2D eigenvalue weighted by molar-refractivity contribution is 7.20. The molecule has 1 amide bonds. The number of nitrogens with zero attached hydrogens (tertiary/aromatic N) is 2. The molecule has 0 saturated heterocycles. The van der Waals surface area contributed by atoms with Gasteiger partial charge in [-0.2, -0.15) is 0 Å². The van der Waals surface area contributed by atoms with Crippen LogP contribution in [0.3, 0.4) is 0 Å². The Bertz CT molecular complexity index is 1440. The van der Waals surface area contributed by atoms with Crippen LogP contribution in [0.5, 0.6) is 0 Å². The molecule has 0 fully saturated rings. The van der Waals surface area contributed by atoms with Gasteiger partial charge in [-0.1, -0.05) is 48.0 Å². The standard InChI is InChI=1S/C26H25N3O4S/c1-15-10-11-20(16(2)12-15)28-23(30)22-17(3)21-24(34-22)27-14-29(25(21)31)18(4)26(32)33-13-19-8-6-5-7-9-19/h5-12,14,18H,13H2,1-4H3,(H,28,30)/t18-/m1/s1. The van der Waals surface area contributed by atoms with Crippen LogP contribution in [0, 0.1) is 20.8 Å². The summed E-state index contributed by atoms with van der Waals surface area (Å²) in [7, 11) is 0. The van der Waals surface area contributed by atoms with E-state index in [0.717, 1.165) is 28.0 Å². The second kappa shape index (κ2) is 9.61. The first-order chi connectivity index (χ1) is 16.3. The maximum absolute atomic E-state index is 13.2. The topological polar surface area (TPSA) is 90.3 Å². The number of aromatic nitrogens is 2. The van der Waals surface area contributed by atoms with Gasteiger partial charge in [-0.15, -0.1) is 11.3 Å². The van der Waals surface area contributed by atoms with Crippen molar-refractivity contribution in [1.82, 2.24) is 9.55 Å². The first-order valence-electron chi connectivity index (χ1n) is 10.9. The molecule has 1 N–H and O–H groups in total. The average molecular weight is 476 g/mol. The van der Waals surface area contributed by atoms with Crippen LogP contribution in [-0.2, 0) is 16.1 Å². The van der Waals surface area contributed by atoms with E-state index in [1.54, 1.807) is 13.8 Å². The van der Waals surface area contributed by atoms with Gasteiger partial charge in [-0.05, 0) is 50.5 Å². The zero-order valence-electron chi connectivity index (χ0n) is 19.4. The number of ether oxygens (including phenoxy) is 1. The fourth-order valence-electron chi connectivity index (χ4n) is 3.73. The highest BCUT2D eigenvalue weighted by atomic mass is 32.1. The van der Waals surface area contributed by atoms with E-state index in [1.807, 2.05) is 62.4 Å². The molecule has 0 unspecified atom stereocenters. The normalized spacial score (nSPS) is 11.9. The number of fused-ring (bicyclic) bond motifs is 1. The van der Waals surface area contributed by atoms with Crippen LogP contribution in [-0.4, -0.2) is 21.4 Å². The summed E-state index contributed by atoms with van der Waals surface area (Å²) < 4.78 is 6.63. The van der Waals surface area contributed by atoms with Crippen LogP contribution in [0.25, 0.3) is 10.2 Å². The summed E-state index contributed by atoms with van der Waals surface area (Å²) in [5.74, 6) is -0.832. The van der Waals surface area contributed by atoms with Crippen molar-refractivity contribution in [2.75, 3.05) is 5.32 Å². The molecule has 4 aromatic rings. The number of anilines is 1. The Morgan fingerprint density at radius 1 is 1.12 bits per heavy atom. The van der Waals surface area contributed by atoms with E-state index in [1.165, 1.54) is 10.9 Å². The molecule has 34 heavy (non-hydrogen) atoms. The number of amides is 1. The Balaban J connectivity index is 1.58. The molecule has 2 aromatic carbocycles. The summed E-state index contributed by atoms with van der Waals surface area (Å²) in [6.45, 7) is 7.36. The molecule has 0 aliphatic carbocycles. The lowest BCUT2D eigenvalue weighted by Gasteiger charge is -2.14. The predicted molar refractivity (Wildman–Crippen MR) is 133 cm³/mol. The second-order valence-electron chi connectivity index (χ2n) is 8.24. The van der Waals surface area contributed by atoms with Crippen molar-refractivity contribution in [3.8, 4) is 0 Å². The quantitative estimate of drug-likeness (QED) is 0.399. The Morgan fingerprint density at radius 3 is 2.56 bits per heavy atom. The summed E-state index contributed by atoms with van der Waals surface area (Å²) in [6, 6.07) is 14.2. The third-order valence-corrected chi connectivity index (χ3v) is 6.89. The Morgan fingerprint density at radius 2 is 1.85 bits per heavy atom. The molecule has 8 heteroatoms. The molecule has 0 saturated carbocycles. The third-order valence-electron chi connectivity index (χ3n) is 5.69. The van der Waals surface area contributed by atoms with E-state index in [4.69, 9.17) is 4.74 Å². The molecular formula is C26H25N3O4S. The SMILES string of the molecule is Cc1ccc(NC(=O)c2sc3ncn([C@H](C)C(=O)OCc4ccccc4)c(=O)c3c2C)c(C)c1. The minimum atomic E-state index is -0.861. The number of benzene rings is 2. The monoisotopic (exact) mass is 475 g/mol. The van der Waals surface area contributed by atoms with Crippen LogP contribution in [0.4, 0.5) is 5.69 Å². The highest BCUT2D eigenvalue weighted by Crippen LogP contribution is 2.28. The molecule has 0 aliphatic heterocycles. The van der Waals surface area contributed by atoms with E-state index in [-0.39, 0.29) is 18.1 Å². The van der Waals surface area contributed by atoms with Crippen molar-refractivity contribution >= 4 is 39.1 Å². The number of carbonyl (C=O) groups is 2. The maximum atomic E-state index is 13.2. The maximum Gasteiger partial charge on any atom is 0.329 e. The van der Waals surface area contributed by atoms with Crippen LogP contribution in [0.1, 0.15) is 44.9 Å². The first kappa shape index (κ1) is 23.4. The smallest absolute Gasteiger partial charge is 0.329 e. The van der Waals surface area contributed by atoms with Crippen molar-refractivity contribution in [2.24, 2.45) is 0 Å². The van der Waals surface area contributed by atoms with Crippen molar-refractivity contribution in [2.45, 2.75) is 40.3 Å². The number of nitrogens with one attached hydrogen (secondary N) is 1. The van der Waals surface area contributed by atoms with Crippen LogP contribution < -0.4 is 10.9 Å². The third kappa shape index (κ3) is 4.63. The molecule has 1 atom stereocenters. The molecule has 4 rings (SSSR count). The number of hydrogen-bond acceptors (Lipinski definition) is 6. The van der Waals surface area contributed by atoms with Gasteiger partial charge in [0.15, 0.2) is 0 Å². The number of hydrogen-bond donors (Lipinski definition) is 1. The summed E-state index contributed by atoms with van der Waals surface area (Å²) in [6.07, 6.45) is 1.33. The van der Waals surface area contributed by atoms with E-state index < -0.39 is 12.0 Å². The molecule has 0 spiro atoms. The van der Waals surface area contributed by atoms with Crippen LogP contribution in [0.15, 0.2) is 59.7 Å². The molecule has 0 aliphatic rings. The summed E-state index contributed by atoms with van der Waals surface area (Å²) in [5.41, 5.74) is 3.79. The molecule has 0 bridgehead atoms. The average Bonchev–Trinajstić information content (AvgIpc) is 3.17. The van der Waals surface area contributed by atoms with E-state index in [2.05, 4.69) is 10.3 Å². The number of aryl methyl sites for hydroxylation is 3. The van der Waals surface area contributed by atoms with Gasteiger partial charge in [-0.3, -0.25) is 14.2 Å². The van der Waals surface area contributed by atoms with Gasteiger partial charge < -0.3 is 10.1 Å². The van der Waals surface area contributed by atoms with Gasteiger partial charge in [0.05, 0.1) is 16.6 Å². The Kier molecular flexibility index (Phi) is 6.61. The second-order valence-corrected chi connectivity index (χ2v) is 9.23. The van der Waals surface area contributed by atoms with Crippen molar-refractivity contribution < 1.29 is 14.3 Å². The predicted octanol–water partition coefficient (Wildman–Crippen LogP) is 4.94. The Labute approximate surface area is 201 Å². The summed E-state index contributed by atoms with van der Waals surface area (Å²) in [4.78, 5) is 44.0. The van der Waals surface area contributed by atoms with Gasteiger partial charge in [0.1, 0.15) is 17.5 Å². The molecular weight excluding hydrogens is 450 g/mol. The number of rotatable bonds is 6. The van der Waals surface area contributed by atoms with Gasteiger partial charge in [0.2, 0.25) is 0 Å². The lowest BCUT2D eigenvalue weighted by molar-refractivity contribution is -0.148. The van der Waals surface area contributed by atoms with Gasteiger partial charge in [0, 0.05) is 5.69 Å². The van der Waals surface area contributed by atoms with E-state index in [0.29, 0.717) is 26.3 Å². The highest BCUT2D eigenvalue weighted by Gasteiger charge is 2.24. The molecule has 0 radical (unpaired) electrons. The zero-order chi connectivity index (χ0) is 24.4. The van der Waals surface area contributed by atoms with Crippen LogP contribution >= 0.6 is 11.3 Å². The van der Waals surface area contributed by atoms with Crippen LogP contribution in [0.2, 0.25) is 0 Å². The summed E-state index contributed by atoms with van der Waals surface area (Å²) in [5, 5.41) is 3.26. The number of esters is 1. The molecule has 2 heterocycles. The molecule has 7 nitrogen and oxygen atoms in total. The lowest BCUT2D eigenvalue weighted by Crippen LogP contribution is -2.29. The Hall–Kier alpha value is -3.78. The zero-order valence-corrected chi connectivity index (χ0v) is 20.2. The first-order valence-corrected chi connectivity index (χ1v) is 11.7. The number of thiophene rings is 1. The lowest BCUT2D eigenvalue weighted by atomic mass is 10.1. The van der Waals surface area contributed by atoms with Gasteiger partial charge in [0.25, 0.3) is 11.5 Å². The van der Waals surface area contributed by atoms with E-state index in [9.17, 15) is 14.4 Å². The summed E-state index contributed by atoms with van der Waals surface area (Å²) >= 11 is 1.16.